The van der Waals surface area contributed by atoms with E-state index in [1.807, 2.05) is 0 Å². The Morgan fingerprint density at radius 1 is 1.56 bits per heavy atom. The summed E-state index contributed by atoms with van der Waals surface area (Å²) in [6.07, 6.45) is 0.326. The first-order chi connectivity index (χ1) is 7.69. The Hall–Kier alpha value is -1.40. The molecule has 0 amide bonds. The van der Waals surface area contributed by atoms with Crippen molar-refractivity contribution in [3.8, 4) is 0 Å². The van der Waals surface area contributed by atoms with Gasteiger partial charge in [0.2, 0.25) is 5.95 Å². The molecule has 3 N–H and O–H groups in total. The minimum atomic E-state index is -0.207. The summed E-state index contributed by atoms with van der Waals surface area (Å²) < 4.78 is 4.87. The summed E-state index contributed by atoms with van der Waals surface area (Å²) >= 11 is 0. The average Bonchev–Trinajstić information content (AvgIpc) is 2.24. The maximum atomic E-state index is 11.6. The monoisotopic (exact) mass is 227 g/mol. The van der Waals surface area contributed by atoms with E-state index in [4.69, 9.17) is 9.84 Å². The normalized spacial score (nSPS) is 10.4. The molecule has 1 rings (SSSR count). The van der Waals surface area contributed by atoms with E-state index in [9.17, 15) is 4.79 Å². The number of nitrogens with one attached hydrogen (secondary N) is 2. The third-order valence-electron chi connectivity index (χ3n) is 2.18. The SMILES string of the molecule is COCCNc1nc(C)c(CCO)c(=O)[nH]1. The summed E-state index contributed by atoms with van der Waals surface area (Å²) in [5.74, 6) is 0.432. The summed E-state index contributed by atoms with van der Waals surface area (Å²) in [6, 6.07) is 0. The summed E-state index contributed by atoms with van der Waals surface area (Å²) in [7, 11) is 1.60. The Kier molecular flexibility index (Phi) is 4.94. The van der Waals surface area contributed by atoms with Gasteiger partial charge in [-0.05, 0) is 6.92 Å². The Labute approximate surface area is 93.7 Å². The van der Waals surface area contributed by atoms with Gasteiger partial charge in [0.05, 0.1) is 12.3 Å². The van der Waals surface area contributed by atoms with Gasteiger partial charge in [0.1, 0.15) is 0 Å². The Balaban J connectivity index is 2.79. The Morgan fingerprint density at radius 2 is 2.31 bits per heavy atom. The third-order valence-corrected chi connectivity index (χ3v) is 2.18. The second-order valence-corrected chi connectivity index (χ2v) is 3.37. The first-order valence-corrected chi connectivity index (χ1v) is 5.12. The number of aromatic amines is 1. The molecule has 1 heterocycles. The minimum Gasteiger partial charge on any atom is -0.396 e. The molecule has 6 nitrogen and oxygen atoms in total. The van der Waals surface area contributed by atoms with Gasteiger partial charge in [-0.1, -0.05) is 0 Å². The van der Waals surface area contributed by atoms with E-state index in [0.29, 0.717) is 36.8 Å². The van der Waals surface area contributed by atoms with Crippen molar-refractivity contribution < 1.29 is 9.84 Å². The van der Waals surface area contributed by atoms with Gasteiger partial charge in [0.15, 0.2) is 0 Å². The van der Waals surface area contributed by atoms with E-state index < -0.39 is 0 Å². The molecule has 0 radical (unpaired) electrons. The molecule has 0 atom stereocenters. The molecule has 0 aromatic carbocycles. The number of anilines is 1. The summed E-state index contributed by atoms with van der Waals surface area (Å²) in [6.45, 7) is 2.82. The van der Waals surface area contributed by atoms with Crippen molar-refractivity contribution in [2.24, 2.45) is 0 Å². The van der Waals surface area contributed by atoms with Crippen molar-refractivity contribution >= 4 is 5.95 Å². The lowest BCUT2D eigenvalue weighted by atomic mass is 10.2. The van der Waals surface area contributed by atoms with Crippen LogP contribution in [0, 0.1) is 6.92 Å². The van der Waals surface area contributed by atoms with Gasteiger partial charge in [-0.15, -0.1) is 0 Å². The summed E-state index contributed by atoms with van der Waals surface area (Å²) in [5.41, 5.74) is 0.957. The maximum Gasteiger partial charge on any atom is 0.255 e. The maximum absolute atomic E-state index is 11.6. The van der Waals surface area contributed by atoms with Gasteiger partial charge in [-0.25, -0.2) is 4.98 Å². The van der Waals surface area contributed by atoms with Crippen LogP contribution in [0.3, 0.4) is 0 Å². The largest absolute Gasteiger partial charge is 0.396 e. The van der Waals surface area contributed by atoms with Crippen LogP contribution in [0.15, 0.2) is 4.79 Å². The van der Waals surface area contributed by atoms with Crippen LogP contribution in [0.5, 0.6) is 0 Å². The van der Waals surface area contributed by atoms with Crippen molar-refractivity contribution in [3.05, 3.63) is 21.6 Å². The second-order valence-electron chi connectivity index (χ2n) is 3.37. The number of aromatic nitrogens is 2. The highest BCUT2D eigenvalue weighted by molar-refractivity contribution is 5.29. The van der Waals surface area contributed by atoms with Crippen LogP contribution in [-0.4, -0.2) is 41.9 Å². The van der Waals surface area contributed by atoms with E-state index in [2.05, 4.69) is 15.3 Å². The fourth-order valence-electron chi connectivity index (χ4n) is 1.37. The van der Waals surface area contributed by atoms with Crippen molar-refractivity contribution in [2.75, 3.05) is 32.2 Å². The second kappa shape index (κ2) is 6.24. The highest BCUT2D eigenvalue weighted by Gasteiger charge is 2.06. The van der Waals surface area contributed by atoms with E-state index in [1.54, 1.807) is 14.0 Å². The molecule has 0 unspecified atom stereocenters. The van der Waals surface area contributed by atoms with Gasteiger partial charge in [0, 0.05) is 32.2 Å². The molecule has 0 aliphatic heterocycles. The van der Waals surface area contributed by atoms with Crippen molar-refractivity contribution in [1.82, 2.24) is 9.97 Å². The molecule has 6 heteroatoms. The molecule has 0 bridgehead atoms. The lowest BCUT2D eigenvalue weighted by molar-refractivity contribution is 0.210. The number of rotatable bonds is 6. The van der Waals surface area contributed by atoms with Gasteiger partial charge in [-0.3, -0.25) is 9.78 Å². The number of aryl methyl sites for hydroxylation is 1. The highest BCUT2D eigenvalue weighted by atomic mass is 16.5. The Bertz CT molecular complexity index is 389. The molecule has 16 heavy (non-hydrogen) atoms. The average molecular weight is 227 g/mol. The molecule has 0 spiro atoms. The lowest BCUT2D eigenvalue weighted by Gasteiger charge is -2.07. The van der Waals surface area contributed by atoms with Crippen molar-refractivity contribution in [1.29, 1.82) is 0 Å². The van der Waals surface area contributed by atoms with Crippen LogP contribution in [0.25, 0.3) is 0 Å². The molecule has 0 saturated carbocycles. The zero-order valence-electron chi connectivity index (χ0n) is 9.54. The number of methoxy groups -OCH3 is 1. The standard InChI is InChI=1S/C10H17N3O3/c1-7-8(3-5-14)9(15)13-10(12-7)11-4-6-16-2/h14H,3-6H2,1-2H3,(H2,11,12,13,15). The molecule has 0 fully saturated rings. The number of ether oxygens (including phenoxy) is 1. The Morgan fingerprint density at radius 3 is 2.88 bits per heavy atom. The van der Waals surface area contributed by atoms with Gasteiger partial charge in [0.25, 0.3) is 5.56 Å². The predicted molar refractivity (Wildman–Crippen MR) is 60.8 cm³/mol. The minimum absolute atomic E-state index is 0.0535. The lowest BCUT2D eigenvalue weighted by Crippen LogP contribution is -2.21. The number of aliphatic hydroxyl groups is 1. The molecule has 0 saturated heterocycles. The van der Waals surface area contributed by atoms with Crippen LogP contribution in [-0.2, 0) is 11.2 Å². The quantitative estimate of drug-likeness (QED) is 0.579. The topological polar surface area (TPSA) is 87.2 Å². The fraction of sp³-hybridized carbons (Fsp3) is 0.600. The molecule has 0 aliphatic carbocycles. The molecule has 0 aliphatic rings. The van der Waals surface area contributed by atoms with E-state index in [-0.39, 0.29) is 12.2 Å². The number of hydrogen-bond donors (Lipinski definition) is 3. The number of hydrogen-bond acceptors (Lipinski definition) is 5. The zero-order chi connectivity index (χ0) is 12.0. The van der Waals surface area contributed by atoms with E-state index in [1.165, 1.54) is 0 Å². The molecular weight excluding hydrogens is 210 g/mol. The van der Waals surface area contributed by atoms with Gasteiger partial charge in [-0.2, -0.15) is 0 Å². The molecule has 1 aromatic heterocycles. The van der Waals surface area contributed by atoms with Gasteiger partial charge < -0.3 is 15.2 Å². The molecule has 90 valence electrons. The van der Waals surface area contributed by atoms with Crippen LogP contribution < -0.4 is 10.9 Å². The summed E-state index contributed by atoms with van der Waals surface area (Å²) in [5, 5.41) is 11.7. The molecule has 1 aromatic rings. The van der Waals surface area contributed by atoms with E-state index in [0.717, 1.165) is 0 Å². The van der Waals surface area contributed by atoms with Crippen molar-refractivity contribution in [2.45, 2.75) is 13.3 Å². The van der Waals surface area contributed by atoms with Crippen LogP contribution in [0.4, 0.5) is 5.95 Å². The summed E-state index contributed by atoms with van der Waals surface area (Å²) in [4.78, 5) is 18.4. The first kappa shape index (κ1) is 12.7. The van der Waals surface area contributed by atoms with Gasteiger partial charge >= 0.3 is 0 Å². The number of H-pyrrole nitrogens is 1. The predicted octanol–water partition coefficient (Wildman–Crippen LogP) is -0.329. The zero-order valence-corrected chi connectivity index (χ0v) is 9.54. The number of nitrogens with zero attached hydrogens (tertiary/aromatic N) is 1. The van der Waals surface area contributed by atoms with Crippen LogP contribution >= 0.6 is 0 Å². The van der Waals surface area contributed by atoms with E-state index >= 15 is 0 Å². The number of aliphatic hydroxyl groups excluding tert-OH is 1. The third kappa shape index (κ3) is 3.32. The first-order valence-electron chi connectivity index (χ1n) is 5.12. The highest BCUT2D eigenvalue weighted by Crippen LogP contribution is 2.02. The van der Waals surface area contributed by atoms with Crippen LogP contribution in [0.2, 0.25) is 0 Å². The van der Waals surface area contributed by atoms with Crippen LogP contribution in [0.1, 0.15) is 11.3 Å². The molecular formula is C10H17N3O3. The fourth-order valence-corrected chi connectivity index (χ4v) is 1.37. The van der Waals surface area contributed by atoms with Crippen molar-refractivity contribution in [3.63, 3.8) is 0 Å². The smallest absolute Gasteiger partial charge is 0.255 e.